The maximum atomic E-state index is 13.0. The van der Waals surface area contributed by atoms with Crippen LogP contribution in [0.25, 0.3) is 5.52 Å². The number of nitrogens with zero attached hydrogens (tertiary/aromatic N) is 6. The minimum atomic E-state index is -3.18. The normalized spacial score (nSPS) is 18.4. The van der Waals surface area contributed by atoms with Crippen molar-refractivity contribution in [3.63, 3.8) is 0 Å². The van der Waals surface area contributed by atoms with Crippen LogP contribution in [0.5, 0.6) is 0 Å². The van der Waals surface area contributed by atoms with Gasteiger partial charge >= 0.3 is 0 Å². The van der Waals surface area contributed by atoms with Crippen molar-refractivity contribution in [2.45, 2.75) is 18.9 Å². The van der Waals surface area contributed by atoms with Crippen LogP contribution in [0.4, 0.5) is 11.8 Å². The zero-order chi connectivity index (χ0) is 23.7. The molecule has 0 bridgehead atoms. The van der Waals surface area contributed by atoms with Crippen molar-refractivity contribution < 1.29 is 13.2 Å². The van der Waals surface area contributed by atoms with Crippen molar-refractivity contribution in [2.24, 2.45) is 0 Å². The van der Waals surface area contributed by atoms with E-state index >= 15 is 0 Å². The predicted octanol–water partition coefficient (Wildman–Crippen LogP) is 1.21. The van der Waals surface area contributed by atoms with Gasteiger partial charge in [-0.3, -0.25) is 4.79 Å². The Morgan fingerprint density at radius 1 is 0.941 bits per heavy atom. The number of carbonyl (C=O) groups excluding carboxylic acids is 1. The van der Waals surface area contributed by atoms with Gasteiger partial charge in [0.1, 0.15) is 5.82 Å². The van der Waals surface area contributed by atoms with E-state index in [9.17, 15) is 13.2 Å². The maximum absolute atomic E-state index is 13.0. The SMILES string of the molecule is CS(=O)(=O)N1CCN(c2ccc3ccc(C(=O)NC4CCN(c5ncccn5)CC4)cn23)CC1. The number of nitrogens with one attached hydrogen (secondary N) is 1. The second-order valence-electron chi connectivity index (χ2n) is 8.84. The van der Waals surface area contributed by atoms with Crippen molar-refractivity contribution in [3.05, 3.63) is 54.5 Å². The lowest BCUT2D eigenvalue weighted by Gasteiger charge is -2.34. The van der Waals surface area contributed by atoms with Crippen LogP contribution in [0.15, 0.2) is 48.9 Å². The highest BCUT2D eigenvalue weighted by atomic mass is 32.2. The van der Waals surface area contributed by atoms with Crippen LogP contribution >= 0.6 is 0 Å². The molecule has 5 rings (SSSR count). The zero-order valence-electron chi connectivity index (χ0n) is 19.2. The fourth-order valence-corrected chi connectivity index (χ4v) is 5.50. The Bertz CT molecular complexity index is 1260. The van der Waals surface area contributed by atoms with Crippen LogP contribution in [-0.2, 0) is 10.0 Å². The van der Waals surface area contributed by atoms with Crippen LogP contribution < -0.4 is 15.1 Å². The van der Waals surface area contributed by atoms with Gasteiger partial charge in [0.2, 0.25) is 16.0 Å². The summed E-state index contributed by atoms with van der Waals surface area (Å²) in [5.74, 6) is 1.61. The van der Waals surface area contributed by atoms with E-state index in [0.717, 1.165) is 43.2 Å². The van der Waals surface area contributed by atoms with E-state index in [1.54, 1.807) is 18.5 Å². The van der Waals surface area contributed by atoms with E-state index in [2.05, 4.69) is 25.1 Å². The number of sulfonamides is 1. The minimum absolute atomic E-state index is 0.0853. The lowest BCUT2D eigenvalue weighted by Crippen LogP contribution is -2.48. The summed E-state index contributed by atoms with van der Waals surface area (Å²) in [7, 11) is -3.18. The van der Waals surface area contributed by atoms with Gasteiger partial charge in [-0.15, -0.1) is 0 Å². The summed E-state index contributed by atoms with van der Waals surface area (Å²) < 4.78 is 27.1. The molecule has 0 saturated carbocycles. The molecule has 0 spiro atoms. The van der Waals surface area contributed by atoms with Gasteiger partial charge in [0.05, 0.1) is 11.8 Å². The average Bonchev–Trinajstić information content (AvgIpc) is 3.28. The quantitative estimate of drug-likeness (QED) is 0.582. The Morgan fingerprint density at radius 2 is 1.62 bits per heavy atom. The molecule has 10 nitrogen and oxygen atoms in total. The van der Waals surface area contributed by atoms with Crippen LogP contribution in [-0.4, -0.2) is 84.6 Å². The number of fused-ring (bicyclic) bond motifs is 1. The number of piperidine rings is 1. The smallest absolute Gasteiger partial charge is 0.252 e. The lowest BCUT2D eigenvalue weighted by atomic mass is 10.0. The standard InChI is InChI=1S/C23H29N7O3S/c1-34(32,33)29-15-13-27(14-16-29)21-6-5-20-4-3-18(17-30(20)21)22(31)26-19-7-11-28(12-8-19)23-24-9-2-10-25-23/h2-6,9-10,17,19H,7-8,11-16H2,1H3,(H,26,31). The summed E-state index contributed by atoms with van der Waals surface area (Å²) in [4.78, 5) is 26.0. The number of anilines is 2. The van der Waals surface area contributed by atoms with Crippen LogP contribution in [0, 0.1) is 0 Å². The molecule has 1 N–H and O–H groups in total. The average molecular weight is 484 g/mol. The zero-order valence-corrected chi connectivity index (χ0v) is 20.0. The molecule has 5 heterocycles. The molecule has 1 amide bonds. The Morgan fingerprint density at radius 3 is 2.29 bits per heavy atom. The van der Waals surface area contributed by atoms with Crippen molar-refractivity contribution in [2.75, 3.05) is 55.3 Å². The van der Waals surface area contributed by atoms with Gasteiger partial charge in [-0.05, 0) is 43.2 Å². The van der Waals surface area contributed by atoms with Crippen molar-refractivity contribution >= 4 is 33.2 Å². The van der Waals surface area contributed by atoms with Gasteiger partial charge in [0.15, 0.2) is 0 Å². The van der Waals surface area contributed by atoms with Crippen LogP contribution in [0.2, 0.25) is 0 Å². The number of rotatable bonds is 5. The van der Waals surface area contributed by atoms with Crippen LogP contribution in [0.3, 0.4) is 0 Å². The first-order valence-corrected chi connectivity index (χ1v) is 13.4. The highest BCUT2D eigenvalue weighted by Gasteiger charge is 2.25. The van der Waals surface area contributed by atoms with Gasteiger partial charge in [-0.2, -0.15) is 4.31 Å². The highest BCUT2D eigenvalue weighted by molar-refractivity contribution is 7.88. The van der Waals surface area contributed by atoms with E-state index in [4.69, 9.17) is 0 Å². The molecule has 3 aromatic heterocycles. The topological polar surface area (TPSA) is 103 Å². The second kappa shape index (κ2) is 9.22. The molecule has 0 aromatic carbocycles. The van der Waals surface area contributed by atoms with E-state index < -0.39 is 10.0 Å². The molecule has 0 radical (unpaired) electrons. The summed E-state index contributed by atoms with van der Waals surface area (Å²) in [5, 5.41) is 3.18. The molecule has 0 atom stereocenters. The van der Waals surface area contributed by atoms with Crippen molar-refractivity contribution in [1.82, 2.24) is 24.0 Å². The molecule has 2 saturated heterocycles. The Balaban J connectivity index is 1.24. The summed E-state index contributed by atoms with van der Waals surface area (Å²) >= 11 is 0. The number of pyridine rings is 1. The van der Waals surface area contributed by atoms with E-state index in [1.807, 2.05) is 34.9 Å². The first-order chi connectivity index (χ1) is 16.4. The Kier molecular flexibility index (Phi) is 6.13. The van der Waals surface area contributed by atoms with Crippen molar-refractivity contribution in [3.8, 4) is 0 Å². The van der Waals surface area contributed by atoms with Gasteiger partial charge in [0, 0.05) is 69.4 Å². The third-order valence-electron chi connectivity index (χ3n) is 6.59. The number of hydrogen-bond donors (Lipinski definition) is 1. The number of hydrogen-bond acceptors (Lipinski definition) is 7. The number of carbonyl (C=O) groups is 1. The molecule has 11 heteroatoms. The molecule has 2 aliphatic heterocycles. The third kappa shape index (κ3) is 4.71. The monoisotopic (exact) mass is 483 g/mol. The second-order valence-corrected chi connectivity index (χ2v) is 10.8. The van der Waals surface area contributed by atoms with Gasteiger partial charge in [-0.1, -0.05) is 0 Å². The van der Waals surface area contributed by atoms with Gasteiger partial charge < -0.3 is 19.5 Å². The first kappa shape index (κ1) is 22.6. The van der Waals surface area contributed by atoms with Crippen LogP contribution in [0.1, 0.15) is 23.2 Å². The molecule has 180 valence electrons. The maximum Gasteiger partial charge on any atom is 0.252 e. The fraction of sp³-hybridized carbons (Fsp3) is 0.435. The number of amides is 1. The number of piperazine rings is 1. The molecular formula is C23H29N7O3S. The highest BCUT2D eigenvalue weighted by Crippen LogP contribution is 2.23. The van der Waals surface area contributed by atoms with E-state index in [0.29, 0.717) is 31.7 Å². The molecule has 0 aliphatic carbocycles. The lowest BCUT2D eigenvalue weighted by molar-refractivity contribution is 0.0930. The molecule has 2 fully saturated rings. The molecule has 0 unspecified atom stereocenters. The van der Waals surface area contributed by atoms with Gasteiger partial charge in [-0.25, -0.2) is 18.4 Å². The molecule has 34 heavy (non-hydrogen) atoms. The fourth-order valence-electron chi connectivity index (χ4n) is 4.67. The number of aromatic nitrogens is 3. The predicted molar refractivity (Wildman–Crippen MR) is 131 cm³/mol. The van der Waals surface area contributed by atoms with E-state index in [-0.39, 0.29) is 11.9 Å². The Labute approximate surface area is 199 Å². The molecular weight excluding hydrogens is 454 g/mol. The van der Waals surface area contributed by atoms with Crippen molar-refractivity contribution in [1.29, 1.82) is 0 Å². The van der Waals surface area contributed by atoms with Gasteiger partial charge in [0.25, 0.3) is 5.91 Å². The summed E-state index contributed by atoms with van der Waals surface area (Å²) in [6, 6.07) is 9.74. The third-order valence-corrected chi connectivity index (χ3v) is 7.89. The summed E-state index contributed by atoms with van der Waals surface area (Å²) in [5.41, 5.74) is 1.60. The largest absolute Gasteiger partial charge is 0.355 e. The minimum Gasteiger partial charge on any atom is -0.355 e. The summed E-state index contributed by atoms with van der Waals surface area (Å²) in [6.07, 6.45) is 8.29. The summed E-state index contributed by atoms with van der Waals surface area (Å²) in [6.45, 7) is 3.74. The molecule has 2 aliphatic rings. The Hall–Kier alpha value is -3.18. The first-order valence-electron chi connectivity index (χ1n) is 11.5. The molecule has 3 aromatic rings. The van der Waals surface area contributed by atoms with E-state index in [1.165, 1.54) is 10.6 Å².